The maximum atomic E-state index is 13.3. The number of benzene rings is 3. The van der Waals surface area contributed by atoms with Gasteiger partial charge in [0, 0.05) is 22.8 Å². The van der Waals surface area contributed by atoms with Crippen LogP contribution in [0.5, 0.6) is 0 Å². The van der Waals surface area contributed by atoms with Crippen LogP contribution in [0.2, 0.25) is 0 Å². The first kappa shape index (κ1) is 23.1. The Labute approximate surface area is 196 Å². The van der Waals surface area contributed by atoms with Gasteiger partial charge >= 0.3 is 0 Å². The van der Waals surface area contributed by atoms with Gasteiger partial charge < -0.3 is 9.88 Å². The van der Waals surface area contributed by atoms with Crippen molar-refractivity contribution in [2.45, 2.75) is 33.2 Å². The molecule has 5 nitrogen and oxygen atoms in total. The molecule has 0 saturated heterocycles. The summed E-state index contributed by atoms with van der Waals surface area (Å²) in [5, 5.41) is 3.23. The number of amides is 1. The number of halogens is 1. The van der Waals surface area contributed by atoms with Crippen LogP contribution in [0.15, 0.2) is 77.7 Å². The van der Waals surface area contributed by atoms with Crippen molar-refractivity contribution in [3.8, 4) is 0 Å². The Kier molecular flexibility index (Phi) is 6.68. The predicted octanol–water partition coefficient (Wildman–Crippen LogP) is 5.14. The fraction of sp³-hybridized carbons (Fsp3) is 0.179. The van der Waals surface area contributed by atoms with Crippen LogP contribution >= 0.6 is 0 Å². The second kappa shape index (κ2) is 9.83. The number of hydrogen-bond donors (Lipinski definition) is 1. The van der Waals surface area contributed by atoms with Gasteiger partial charge in [0.25, 0.3) is 0 Å². The standard InChI is InChI=1S/C28H25FN2O3/c1-3-18-5-12-22(13-6-18)30-26(32)17-31-16-24(27(33)20-8-10-21(29)11-9-20)28(34)23-15-19(4-2)7-14-25(23)31/h5-16H,3-4,17H2,1-2H3,(H,30,32). The van der Waals surface area contributed by atoms with Crippen molar-refractivity contribution in [3.05, 3.63) is 111 Å². The minimum absolute atomic E-state index is 0.0625. The number of hydrogen-bond acceptors (Lipinski definition) is 3. The SMILES string of the molecule is CCc1ccc(NC(=O)Cn2cc(C(=O)c3ccc(F)cc3)c(=O)c3cc(CC)ccc32)cc1. The monoisotopic (exact) mass is 456 g/mol. The zero-order chi connectivity index (χ0) is 24.2. The minimum Gasteiger partial charge on any atom is -0.337 e. The first-order valence-electron chi connectivity index (χ1n) is 11.2. The molecule has 0 atom stereocenters. The van der Waals surface area contributed by atoms with Gasteiger partial charge in [-0.3, -0.25) is 14.4 Å². The van der Waals surface area contributed by atoms with Gasteiger partial charge in [-0.2, -0.15) is 0 Å². The van der Waals surface area contributed by atoms with E-state index in [-0.39, 0.29) is 23.6 Å². The molecule has 0 spiro atoms. The molecular weight excluding hydrogens is 431 g/mol. The Morgan fingerprint density at radius 3 is 2.18 bits per heavy atom. The van der Waals surface area contributed by atoms with E-state index in [1.54, 1.807) is 16.7 Å². The molecule has 0 aliphatic rings. The molecule has 1 heterocycles. The molecule has 1 aromatic heterocycles. The van der Waals surface area contributed by atoms with Crippen LogP contribution in [0, 0.1) is 5.82 Å². The predicted molar refractivity (Wildman–Crippen MR) is 132 cm³/mol. The molecule has 0 aliphatic carbocycles. The van der Waals surface area contributed by atoms with Crippen LogP contribution in [0.3, 0.4) is 0 Å². The summed E-state index contributed by atoms with van der Waals surface area (Å²) in [5.41, 5.74) is 3.08. The van der Waals surface area contributed by atoms with Gasteiger partial charge in [0.1, 0.15) is 12.4 Å². The van der Waals surface area contributed by atoms with E-state index in [4.69, 9.17) is 0 Å². The number of pyridine rings is 1. The topological polar surface area (TPSA) is 68.2 Å². The van der Waals surface area contributed by atoms with Gasteiger partial charge in [0.2, 0.25) is 11.3 Å². The fourth-order valence-corrected chi connectivity index (χ4v) is 3.89. The zero-order valence-electron chi connectivity index (χ0n) is 19.1. The van der Waals surface area contributed by atoms with E-state index >= 15 is 0 Å². The van der Waals surface area contributed by atoms with E-state index in [2.05, 4.69) is 12.2 Å². The summed E-state index contributed by atoms with van der Waals surface area (Å²) in [7, 11) is 0. The van der Waals surface area contributed by atoms with Crippen molar-refractivity contribution in [1.82, 2.24) is 4.57 Å². The van der Waals surface area contributed by atoms with Crippen LogP contribution in [0.4, 0.5) is 10.1 Å². The Balaban J connectivity index is 1.74. The van der Waals surface area contributed by atoms with Crippen LogP contribution in [0.1, 0.15) is 40.9 Å². The zero-order valence-corrected chi connectivity index (χ0v) is 19.1. The summed E-state index contributed by atoms with van der Waals surface area (Å²) in [6.45, 7) is 3.95. The number of nitrogens with one attached hydrogen (secondary N) is 1. The van der Waals surface area contributed by atoms with Crippen molar-refractivity contribution in [3.63, 3.8) is 0 Å². The molecule has 0 bridgehead atoms. The van der Waals surface area contributed by atoms with Crippen molar-refractivity contribution in [1.29, 1.82) is 0 Å². The molecule has 4 aromatic rings. The lowest BCUT2D eigenvalue weighted by atomic mass is 10.0. The number of anilines is 1. The summed E-state index contributed by atoms with van der Waals surface area (Å²) in [6.07, 6.45) is 3.05. The van der Waals surface area contributed by atoms with Crippen LogP contribution in [-0.2, 0) is 24.2 Å². The summed E-state index contributed by atoms with van der Waals surface area (Å²) < 4.78 is 14.9. The highest BCUT2D eigenvalue weighted by Gasteiger charge is 2.19. The molecule has 4 rings (SSSR count). The molecule has 172 valence electrons. The average Bonchev–Trinajstić information content (AvgIpc) is 2.86. The van der Waals surface area contributed by atoms with Crippen LogP contribution in [-0.4, -0.2) is 16.3 Å². The maximum Gasteiger partial charge on any atom is 0.244 e. The van der Waals surface area contributed by atoms with Gasteiger partial charge in [-0.25, -0.2) is 4.39 Å². The number of carbonyl (C=O) groups is 2. The largest absolute Gasteiger partial charge is 0.337 e. The van der Waals surface area contributed by atoms with Crippen molar-refractivity contribution in [2.24, 2.45) is 0 Å². The van der Waals surface area contributed by atoms with E-state index in [0.29, 0.717) is 16.6 Å². The third kappa shape index (κ3) is 4.81. The lowest BCUT2D eigenvalue weighted by Crippen LogP contribution is -2.24. The highest BCUT2D eigenvalue weighted by Crippen LogP contribution is 2.18. The normalized spacial score (nSPS) is 10.9. The summed E-state index contributed by atoms with van der Waals surface area (Å²) in [4.78, 5) is 39.2. The van der Waals surface area contributed by atoms with E-state index in [1.165, 1.54) is 36.0 Å². The van der Waals surface area contributed by atoms with Crippen molar-refractivity contribution < 1.29 is 14.0 Å². The Morgan fingerprint density at radius 1 is 0.882 bits per heavy atom. The molecule has 3 aromatic carbocycles. The number of ketones is 1. The Bertz CT molecular complexity index is 1420. The molecular formula is C28H25FN2O3. The van der Waals surface area contributed by atoms with Gasteiger partial charge in [0.05, 0.1) is 11.1 Å². The number of fused-ring (bicyclic) bond motifs is 1. The Hall–Kier alpha value is -4.06. The molecule has 0 fully saturated rings. The number of aromatic nitrogens is 1. The third-order valence-corrected chi connectivity index (χ3v) is 5.86. The van der Waals surface area contributed by atoms with Gasteiger partial charge in [-0.1, -0.05) is 32.0 Å². The maximum absolute atomic E-state index is 13.3. The Morgan fingerprint density at radius 2 is 1.53 bits per heavy atom. The first-order chi connectivity index (χ1) is 16.4. The highest BCUT2D eigenvalue weighted by molar-refractivity contribution is 6.10. The number of carbonyl (C=O) groups excluding carboxylic acids is 2. The number of nitrogens with zero attached hydrogens (tertiary/aromatic N) is 1. The van der Waals surface area contributed by atoms with Crippen LogP contribution in [0.25, 0.3) is 10.9 Å². The summed E-state index contributed by atoms with van der Waals surface area (Å²) >= 11 is 0. The van der Waals surface area contributed by atoms with Gasteiger partial charge in [-0.15, -0.1) is 0 Å². The van der Waals surface area contributed by atoms with Gasteiger partial charge in [-0.05, 0) is 72.5 Å². The van der Waals surface area contributed by atoms with Crippen molar-refractivity contribution in [2.75, 3.05) is 5.32 Å². The molecule has 0 saturated carbocycles. The molecule has 1 N–H and O–H groups in total. The molecule has 0 unspecified atom stereocenters. The van der Waals surface area contributed by atoms with Crippen molar-refractivity contribution >= 4 is 28.3 Å². The molecule has 0 aliphatic heterocycles. The number of rotatable bonds is 7. The third-order valence-electron chi connectivity index (χ3n) is 5.86. The second-order valence-electron chi connectivity index (χ2n) is 8.14. The highest BCUT2D eigenvalue weighted by atomic mass is 19.1. The molecule has 34 heavy (non-hydrogen) atoms. The van der Waals surface area contributed by atoms with E-state index < -0.39 is 17.0 Å². The minimum atomic E-state index is -0.516. The van der Waals surface area contributed by atoms with Crippen LogP contribution < -0.4 is 10.7 Å². The lowest BCUT2D eigenvalue weighted by Gasteiger charge is -2.14. The summed E-state index contributed by atoms with van der Waals surface area (Å²) in [6, 6.07) is 18.1. The van der Waals surface area contributed by atoms with E-state index in [0.717, 1.165) is 18.4 Å². The average molecular weight is 457 g/mol. The molecule has 1 amide bonds. The molecule has 0 radical (unpaired) electrons. The fourth-order valence-electron chi connectivity index (χ4n) is 3.89. The van der Waals surface area contributed by atoms with Gasteiger partial charge in [0.15, 0.2) is 5.78 Å². The first-order valence-corrected chi connectivity index (χ1v) is 11.2. The second-order valence-corrected chi connectivity index (χ2v) is 8.14. The van der Waals surface area contributed by atoms with E-state index in [1.807, 2.05) is 37.3 Å². The number of aryl methyl sites for hydroxylation is 2. The summed E-state index contributed by atoms with van der Waals surface area (Å²) in [5.74, 6) is -1.27. The lowest BCUT2D eigenvalue weighted by molar-refractivity contribution is -0.116. The molecule has 6 heteroatoms. The van der Waals surface area contributed by atoms with E-state index in [9.17, 15) is 18.8 Å². The smallest absolute Gasteiger partial charge is 0.244 e. The quantitative estimate of drug-likeness (QED) is 0.392.